The first kappa shape index (κ1) is 38.2. The van der Waals surface area contributed by atoms with Gasteiger partial charge in [0.05, 0.1) is 28.3 Å². The highest BCUT2D eigenvalue weighted by atomic mass is 16.5. The SMILES string of the molecule is CCc1cc2c(cc1N1CCC(N3CCN(C(=O)COc4ccc5c(c4)C(=O)N(C4CCC(=O)NC4=O)C5=O)CC3)CC1)C(C)(C)c1[nH]c3cc(C#N)ccc3c1C2=O. The number of hydrogen-bond donors (Lipinski definition) is 2. The maximum Gasteiger partial charge on any atom is 0.262 e. The second kappa shape index (κ2) is 14.5. The van der Waals surface area contributed by atoms with E-state index in [-0.39, 0.29) is 48.0 Å². The second-order valence-electron chi connectivity index (χ2n) is 16.7. The summed E-state index contributed by atoms with van der Waals surface area (Å²) in [5, 5.41) is 12.5. The van der Waals surface area contributed by atoms with Crippen molar-refractivity contribution in [2.75, 3.05) is 50.8 Å². The number of nitriles is 1. The van der Waals surface area contributed by atoms with Gasteiger partial charge in [-0.25, -0.2) is 0 Å². The van der Waals surface area contributed by atoms with Crippen molar-refractivity contribution in [2.45, 2.75) is 70.4 Å². The van der Waals surface area contributed by atoms with Crippen molar-refractivity contribution < 1.29 is 33.5 Å². The Morgan fingerprint density at radius 3 is 2.34 bits per heavy atom. The van der Waals surface area contributed by atoms with Gasteiger partial charge in [0.25, 0.3) is 17.7 Å². The Balaban J connectivity index is 0.801. The molecule has 1 aromatic heterocycles. The molecule has 9 rings (SSSR count). The number of piperidine rings is 2. The molecule has 14 nitrogen and oxygen atoms in total. The molecule has 1 aliphatic carbocycles. The lowest BCUT2D eigenvalue weighted by molar-refractivity contribution is -0.137. The molecule has 14 heteroatoms. The van der Waals surface area contributed by atoms with Gasteiger partial charge in [-0.05, 0) is 79.3 Å². The topological polar surface area (TPSA) is 176 Å². The summed E-state index contributed by atoms with van der Waals surface area (Å²) >= 11 is 0. The summed E-state index contributed by atoms with van der Waals surface area (Å²) in [6.45, 7) is 10.6. The van der Waals surface area contributed by atoms with Crippen LogP contribution in [0.15, 0.2) is 48.5 Å². The zero-order valence-corrected chi connectivity index (χ0v) is 33.4. The lowest BCUT2D eigenvalue weighted by Crippen LogP contribution is -2.55. The van der Waals surface area contributed by atoms with Crippen LogP contribution < -0.4 is 15.0 Å². The largest absolute Gasteiger partial charge is 0.484 e. The number of piperazine rings is 1. The number of imide groups is 2. The van der Waals surface area contributed by atoms with Crippen LogP contribution in [-0.2, 0) is 26.2 Å². The van der Waals surface area contributed by atoms with Gasteiger partial charge in [0.1, 0.15) is 11.8 Å². The van der Waals surface area contributed by atoms with Gasteiger partial charge in [0, 0.05) is 85.0 Å². The van der Waals surface area contributed by atoms with Crippen molar-refractivity contribution in [3.8, 4) is 11.8 Å². The summed E-state index contributed by atoms with van der Waals surface area (Å²) in [5.74, 6) is -2.22. The minimum atomic E-state index is -1.06. The number of rotatable bonds is 7. The van der Waals surface area contributed by atoms with Gasteiger partial charge in [-0.15, -0.1) is 0 Å². The highest BCUT2D eigenvalue weighted by Crippen LogP contribution is 2.46. The number of hydrogen-bond acceptors (Lipinski definition) is 10. The zero-order valence-electron chi connectivity index (χ0n) is 33.4. The number of carbonyl (C=O) groups is 6. The van der Waals surface area contributed by atoms with Crippen LogP contribution in [0.2, 0.25) is 0 Å². The molecule has 0 spiro atoms. The maximum absolute atomic E-state index is 14.1. The fourth-order valence-electron chi connectivity index (χ4n) is 9.74. The van der Waals surface area contributed by atoms with E-state index in [1.807, 2.05) is 12.1 Å². The summed E-state index contributed by atoms with van der Waals surface area (Å²) < 4.78 is 5.81. The summed E-state index contributed by atoms with van der Waals surface area (Å²) in [6, 6.07) is 15.8. The van der Waals surface area contributed by atoms with Crippen molar-refractivity contribution in [1.29, 1.82) is 5.26 Å². The monoisotopic (exact) mass is 795 g/mol. The Hall–Kier alpha value is -6.33. The lowest BCUT2D eigenvalue weighted by Gasteiger charge is -2.44. The van der Waals surface area contributed by atoms with Gasteiger partial charge >= 0.3 is 0 Å². The number of nitrogens with zero attached hydrogens (tertiary/aromatic N) is 5. The molecule has 5 heterocycles. The molecule has 0 radical (unpaired) electrons. The summed E-state index contributed by atoms with van der Waals surface area (Å²) in [7, 11) is 0. The first-order valence-corrected chi connectivity index (χ1v) is 20.4. The van der Waals surface area contributed by atoms with Crippen LogP contribution in [0.3, 0.4) is 0 Å². The second-order valence-corrected chi connectivity index (χ2v) is 16.7. The van der Waals surface area contributed by atoms with Crippen LogP contribution in [0.1, 0.15) is 105 Å². The third-order valence-corrected chi connectivity index (χ3v) is 13.1. The molecule has 3 aromatic carbocycles. The maximum atomic E-state index is 14.1. The van der Waals surface area contributed by atoms with E-state index in [0.29, 0.717) is 30.3 Å². The number of ether oxygens (including phenoxy) is 1. The lowest BCUT2D eigenvalue weighted by atomic mass is 9.70. The number of carbonyl (C=O) groups excluding carboxylic acids is 6. The molecule has 0 bridgehead atoms. The molecule has 1 atom stereocenters. The standard InChI is InChI=1S/C45H45N7O7/c1-4-26-20-32-33(45(2,3)41-39(40(32)55)30-7-5-25(23-46)19-34(30)47-41)22-36(26)50-13-11-27(12-14-50)49-15-17-51(18-16-49)38(54)24-59-28-6-8-29-31(21-28)44(58)52(43(29)57)35-9-10-37(53)48-42(35)56/h5-8,19-22,27,35,47H,4,9-18,24H2,1-3H3,(H,48,53,56). The molecule has 1 unspecified atom stereocenters. The molecule has 3 fully saturated rings. The molecule has 59 heavy (non-hydrogen) atoms. The van der Waals surface area contributed by atoms with E-state index >= 15 is 0 Å². The predicted octanol–water partition coefficient (Wildman–Crippen LogP) is 4.07. The number of H-pyrrole nitrogens is 1. The first-order valence-electron chi connectivity index (χ1n) is 20.4. The fraction of sp³-hybridized carbons (Fsp3) is 0.400. The average Bonchev–Trinajstić information content (AvgIpc) is 3.76. The minimum absolute atomic E-state index is 0.0203. The van der Waals surface area contributed by atoms with Crippen molar-refractivity contribution in [2.24, 2.45) is 0 Å². The number of aryl methyl sites for hydroxylation is 1. The van der Waals surface area contributed by atoms with E-state index in [4.69, 9.17) is 4.74 Å². The third kappa shape index (κ3) is 6.35. The number of ketones is 1. The quantitative estimate of drug-likeness (QED) is 0.260. The van der Waals surface area contributed by atoms with Gasteiger partial charge in [-0.2, -0.15) is 5.26 Å². The summed E-state index contributed by atoms with van der Waals surface area (Å²) in [5.41, 5.74) is 6.83. The van der Waals surface area contributed by atoms with Crippen LogP contribution in [0.4, 0.5) is 5.69 Å². The van der Waals surface area contributed by atoms with Gasteiger partial charge in [0.15, 0.2) is 12.4 Å². The predicted molar refractivity (Wildman–Crippen MR) is 216 cm³/mol. The molecule has 4 aromatic rings. The number of anilines is 1. The smallest absolute Gasteiger partial charge is 0.262 e. The van der Waals surface area contributed by atoms with Gasteiger partial charge in [0.2, 0.25) is 11.8 Å². The van der Waals surface area contributed by atoms with Crippen LogP contribution >= 0.6 is 0 Å². The number of benzene rings is 3. The third-order valence-electron chi connectivity index (χ3n) is 13.1. The highest BCUT2D eigenvalue weighted by molar-refractivity contribution is 6.24. The highest BCUT2D eigenvalue weighted by Gasteiger charge is 2.45. The van der Waals surface area contributed by atoms with E-state index in [0.717, 1.165) is 83.6 Å². The van der Waals surface area contributed by atoms with Crippen molar-refractivity contribution >= 4 is 51.9 Å². The average molecular weight is 796 g/mol. The molecule has 302 valence electrons. The normalized spacial score (nSPS) is 20.7. The molecule has 5 aliphatic rings. The van der Waals surface area contributed by atoms with Crippen molar-refractivity contribution in [3.05, 3.63) is 93.2 Å². The molecule has 5 amide bonds. The van der Waals surface area contributed by atoms with Crippen LogP contribution in [0, 0.1) is 11.3 Å². The van der Waals surface area contributed by atoms with Gasteiger partial charge in [-0.1, -0.05) is 26.8 Å². The van der Waals surface area contributed by atoms with Crippen molar-refractivity contribution in [3.63, 3.8) is 0 Å². The summed E-state index contributed by atoms with van der Waals surface area (Å²) in [6.07, 6.45) is 2.87. The fourth-order valence-corrected chi connectivity index (χ4v) is 9.74. The Morgan fingerprint density at radius 2 is 1.63 bits per heavy atom. The van der Waals surface area contributed by atoms with Gasteiger partial charge in [-0.3, -0.25) is 43.9 Å². The molecular weight excluding hydrogens is 751 g/mol. The molecule has 0 saturated carbocycles. The Morgan fingerprint density at radius 1 is 0.881 bits per heavy atom. The number of nitrogens with one attached hydrogen (secondary N) is 2. The first-order chi connectivity index (χ1) is 28.4. The van der Waals surface area contributed by atoms with E-state index in [2.05, 4.69) is 59.1 Å². The van der Waals surface area contributed by atoms with E-state index in [1.54, 1.807) is 11.0 Å². The molecule has 2 N–H and O–H groups in total. The number of fused-ring (bicyclic) bond motifs is 5. The Kier molecular flexibility index (Phi) is 9.38. The molecule has 4 aliphatic heterocycles. The number of aromatic amines is 1. The zero-order chi connectivity index (χ0) is 41.3. The van der Waals surface area contributed by atoms with E-state index in [9.17, 15) is 34.0 Å². The molecule has 3 saturated heterocycles. The van der Waals surface area contributed by atoms with Crippen LogP contribution in [0.25, 0.3) is 10.9 Å². The minimum Gasteiger partial charge on any atom is -0.484 e. The van der Waals surface area contributed by atoms with Gasteiger partial charge < -0.3 is 19.5 Å². The Bertz CT molecular complexity index is 2530. The summed E-state index contributed by atoms with van der Waals surface area (Å²) in [4.78, 5) is 88.7. The Labute approximate surface area is 341 Å². The molecular formula is C45H45N7O7. The van der Waals surface area contributed by atoms with E-state index in [1.165, 1.54) is 23.9 Å². The van der Waals surface area contributed by atoms with Crippen molar-refractivity contribution in [1.82, 2.24) is 25.0 Å². The van der Waals surface area contributed by atoms with Crippen LogP contribution in [0.5, 0.6) is 5.75 Å². The van der Waals surface area contributed by atoms with E-state index < -0.39 is 35.1 Å². The number of aromatic nitrogens is 1. The van der Waals surface area contributed by atoms with Crippen LogP contribution in [-0.4, -0.2) is 113 Å². The number of amides is 5.